The van der Waals surface area contributed by atoms with E-state index < -0.39 is 37.2 Å². The average molecular weight is 539 g/mol. The summed E-state index contributed by atoms with van der Waals surface area (Å²) in [7, 11) is 0. The first-order chi connectivity index (χ1) is 17.8. The lowest BCUT2D eigenvalue weighted by atomic mass is 10.0. The molecule has 0 aliphatic heterocycles. The van der Waals surface area contributed by atoms with Gasteiger partial charge in [-0.15, -0.1) is 13.2 Å². The van der Waals surface area contributed by atoms with E-state index >= 15 is 0 Å². The standard InChI is InChI=1S/C25H19F6N3O4/c1-14-10-15(2-7-19(14)23(35)36)21-12-33-22-20(32-9-8-24(26,27)28)11-18(13-34(21)22)37-16-3-5-17(6-4-16)38-25(29,30)31/h2-7,10-13,32H,8-9H2,1H3,(H,35,36). The van der Waals surface area contributed by atoms with E-state index in [1.807, 2.05) is 0 Å². The lowest BCUT2D eigenvalue weighted by Crippen LogP contribution is -2.16. The Morgan fingerprint density at radius 2 is 1.68 bits per heavy atom. The van der Waals surface area contributed by atoms with Gasteiger partial charge in [0.15, 0.2) is 5.65 Å². The highest BCUT2D eigenvalue weighted by Gasteiger charge is 2.31. The highest BCUT2D eigenvalue weighted by Crippen LogP contribution is 2.33. The van der Waals surface area contributed by atoms with Crippen LogP contribution in [0.2, 0.25) is 0 Å². The predicted molar refractivity (Wildman–Crippen MR) is 125 cm³/mol. The van der Waals surface area contributed by atoms with Gasteiger partial charge >= 0.3 is 18.5 Å². The number of carboxylic acid groups (broad SMARTS) is 1. The van der Waals surface area contributed by atoms with Gasteiger partial charge in [0.2, 0.25) is 0 Å². The van der Waals surface area contributed by atoms with Gasteiger partial charge in [0.25, 0.3) is 0 Å². The smallest absolute Gasteiger partial charge is 0.478 e. The van der Waals surface area contributed by atoms with Gasteiger partial charge in [-0.3, -0.25) is 4.40 Å². The number of carbonyl (C=O) groups is 1. The molecule has 0 saturated carbocycles. The fourth-order valence-corrected chi connectivity index (χ4v) is 3.71. The van der Waals surface area contributed by atoms with Crippen molar-refractivity contribution in [1.82, 2.24) is 9.38 Å². The van der Waals surface area contributed by atoms with Crippen molar-refractivity contribution in [3.05, 3.63) is 72.1 Å². The molecule has 7 nitrogen and oxygen atoms in total. The highest BCUT2D eigenvalue weighted by molar-refractivity contribution is 5.90. The third-order valence-corrected chi connectivity index (χ3v) is 5.35. The molecule has 0 spiro atoms. The van der Waals surface area contributed by atoms with Crippen LogP contribution in [-0.2, 0) is 0 Å². The Kier molecular flexibility index (Phi) is 7.11. The van der Waals surface area contributed by atoms with Gasteiger partial charge in [-0.05, 0) is 48.9 Å². The van der Waals surface area contributed by atoms with E-state index in [0.29, 0.717) is 16.8 Å². The number of rotatable bonds is 8. The maximum Gasteiger partial charge on any atom is 0.573 e. The van der Waals surface area contributed by atoms with Gasteiger partial charge in [0.1, 0.15) is 17.2 Å². The first-order valence-electron chi connectivity index (χ1n) is 11.0. The summed E-state index contributed by atoms with van der Waals surface area (Å²) < 4.78 is 86.6. The summed E-state index contributed by atoms with van der Waals surface area (Å²) in [5, 5.41) is 12.0. The SMILES string of the molecule is Cc1cc(-c2cnc3c(NCCC(F)(F)F)cc(Oc4ccc(OC(F)(F)F)cc4)cn23)ccc1C(=O)O. The molecule has 2 aromatic heterocycles. The number of hydrogen-bond acceptors (Lipinski definition) is 5. The average Bonchev–Trinajstić information content (AvgIpc) is 3.22. The molecule has 0 aliphatic rings. The van der Waals surface area contributed by atoms with Crippen LogP contribution in [0.4, 0.5) is 32.0 Å². The van der Waals surface area contributed by atoms with Crippen LogP contribution in [0, 0.1) is 6.92 Å². The lowest BCUT2D eigenvalue weighted by molar-refractivity contribution is -0.274. The molecular weight excluding hydrogens is 520 g/mol. The topological polar surface area (TPSA) is 85.1 Å². The summed E-state index contributed by atoms with van der Waals surface area (Å²) in [6.07, 6.45) is -7.36. The summed E-state index contributed by atoms with van der Waals surface area (Å²) in [5.41, 5.74) is 2.18. The summed E-state index contributed by atoms with van der Waals surface area (Å²) in [4.78, 5) is 15.7. The number of alkyl halides is 6. The molecule has 13 heteroatoms. The Labute approximate surface area is 211 Å². The maximum atomic E-state index is 12.7. The molecule has 0 aliphatic carbocycles. The molecule has 0 atom stereocenters. The number of benzene rings is 2. The molecule has 0 bridgehead atoms. The molecular formula is C25H19F6N3O4. The van der Waals surface area contributed by atoms with E-state index in [4.69, 9.17) is 4.74 Å². The van der Waals surface area contributed by atoms with E-state index in [1.54, 1.807) is 23.5 Å². The van der Waals surface area contributed by atoms with E-state index in [2.05, 4.69) is 15.0 Å². The molecule has 0 unspecified atom stereocenters. The first kappa shape index (κ1) is 26.6. The second-order valence-corrected chi connectivity index (χ2v) is 8.17. The second kappa shape index (κ2) is 10.1. The molecule has 4 rings (SSSR count). The molecule has 4 aromatic rings. The number of pyridine rings is 1. The number of nitrogens with zero attached hydrogens (tertiary/aromatic N) is 2. The van der Waals surface area contributed by atoms with Gasteiger partial charge < -0.3 is 19.9 Å². The van der Waals surface area contributed by atoms with Crippen molar-refractivity contribution in [2.24, 2.45) is 0 Å². The zero-order valence-corrected chi connectivity index (χ0v) is 19.5. The summed E-state index contributed by atoms with van der Waals surface area (Å²) in [6.45, 7) is 1.18. The predicted octanol–water partition coefficient (Wildman–Crippen LogP) is 7.06. The van der Waals surface area contributed by atoms with Gasteiger partial charge in [0.05, 0.1) is 35.8 Å². The third-order valence-electron chi connectivity index (χ3n) is 5.35. The van der Waals surface area contributed by atoms with Crippen molar-refractivity contribution in [1.29, 1.82) is 0 Å². The fourth-order valence-electron chi connectivity index (χ4n) is 3.71. The molecule has 2 aromatic carbocycles. The van der Waals surface area contributed by atoms with Crippen LogP contribution < -0.4 is 14.8 Å². The van der Waals surface area contributed by atoms with Gasteiger partial charge in [-0.1, -0.05) is 6.07 Å². The van der Waals surface area contributed by atoms with Crippen molar-refractivity contribution in [3.8, 4) is 28.5 Å². The van der Waals surface area contributed by atoms with E-state index in [0.717, 1.165) is 12.1 Å². The van der Waals surface area contributed by atoms with Crippen molar-refractivity contribution >= 4 is 17.3 Å². The van der Waals surface area contributed by atoms with Crippen LogP contribution in [0.5, 0.6) is 17.2 Å². The van der Waals surface area contributed by atoms with Crippen LogP contribution in [-0.4, -0.2) is 39.5 Å². The molecule has 0 fully saturated rings. The van der Waals surface area contributed by atoms with Crippen LogP contribution in [0.25, 0.3) is 16.9 Å². The number of aromatic carboxylic acids is 1. The molecule has 2 heterocycles. The zero-order valence-electron chi connectivity index (χ0n) is 19.5. The van der Waals surface area contributed by atoms with Crippen LogP contribution in [0.1, 0.15) is 22.3 Å². The van der Waals surface area contributed by atoms with Crippen LogP contribution in [0.3, 0.4) is 0 Å². The minimum atomic E-state index is -4.86. The fraction of sp³-hybridized carbons (Fsp3) is 0.200. The molecule has 200 valence electrons. The summed E-state index contributed by atoms with van der Waals surface area (Å²) in [5.74, 6) is -1.25. The molecule has 0 saturated heterocycles. The van der Waals surface area contributed by atoms with E-state index in [9.17, 15) is 36.2 Å². The molecule has 0 radical (unpaired) electrons. The number of ether oxygens (including phenoxy) is 2. The monoisotopic (exact) mass is 539 g/mol. The zero-order chi connectivity index (χ0) is 27.7. The maximum absolute atomic E-state index is 12.7. The summed E-state index contributed by atoms with van der Waals surface area (Å²) in [6, 6.07) is 10.6. The number of anilines is 1. The number of imidazole rings is 1. The number of aromatic nitrogens is 2. The Morgan fingerprint density at radius 1 is 1.00 bits per heavy atom. The van der Waals surface area contributed by atoms with E-state index in [-0.39, 0.29) is 28.4 Å². The number of nitrogens with one attached hydrogen (secondary N) is 1. The summed E-state index contributed by atoms with van der Waals surface area (Å²) >= 11 is 0. The van der Waals surface area contributed by atoms with E-state index in [1.165, 1.54) is 36.7 Å². The largest absolute Gasteiger partial charge is 0.573 e. The van der Waals surface area contributed by atoms with Gasteiger partial charge in [-0.25, -0.2) is 9.78 Å². The molecule has 38 heavy (non-hydrogen) atoms. The first-order valence-corrected chi connectivity index (χ1v) is 11.0. The minimum absolute atomic E-state index is 0.110. The Bertz CT molecular complexity index is 1460. The van der Waals surface area contributed by atoms with Gasteiger partial charge in [-0.2, -0.15) is 13.2 Å². The molecule has 2 N–H and O–H groups in total. The molecule has 0 amide bonds. The minimum Gasteiger partial charge on any atom is -0.478 e. The van der Waals surface area contributed by atoms with Crippen molar-refractivity contribution in [2.75, 3.05) is 11.9 Å². The Hall–Kier alpha value is -4.42. The number of hydrogen-bond donors (Lipinski definition) is 2. The van der Waals surface area contributed by atoms with Crippen LogP contribution >= 0.6 is 0 Å². The number of halogens is 6. The Morgan fingerprint density at radius 3 is 2.29 bits per heavy atom. The number of carboxylic acids is 1. The quantitative estimate of drug-likeness (QED) is 0.233. The number of aryl methyl sites for hydroxylation is 1. The number of fused-ring (bicyclic) bond motifs is 1. The van der Waals surface area contributed by atoms with Gasteiger partial charge in [0, 0.05) is 18.2 Å². The normalized spacial score (nSPS) is 12.0. The third kappa shape index (κ3) is 6.47. The lowest BCUT2D eigenvalue weighted by Gasteiger charge is -2.14. The van der Waals surface area contributed by atoms with Crippen LogP contribution in [0.15, 0.2) is 60.9 Å². The second-order valence-electron chi connectivity index (χ2n) is 8.17. The van der Waals surface area contributed by atoms with Crippen molar-refractivity contribution in [2.45, 2.75) is 25.9 Å². The van der Waals surface area contributed by atoms with Crippen molar-refractivity contribution in [3.63, 3.8) is 0 Å². The Balaban J connectivity index is 1.71. The van der Waals surface area contributed by atoms with Crippen molar-refractivity contribution < 1.29 is 45.7 Å². The highest BCUT2D eigenvalue weighted by atomic mass is 19.4.